The molecule has 0 radical (unpaired) electrons. The first-order valence-electron chi connectivity index (χ1n) is 13.6. The first-order chi connectivity index (χ1) is 20.0. The van der Waals surface area contributed by atoms with E-state index in [2.05, 4.69) is 5.32 Å². The predicted molar refractivity (Wildman–Crippen MR) is 151 cm³/mol. The molecule has 4 rings (SSSR count). The summed E-state index contributed by atoms with van der Waals surface area (Å²) in [6.07, 6.45) is -3.11. The zero-order valence-corrected chi connectivity index (χ0v) is 23.8. The number of carbonyl (C=O) groups is 2. The molecule has 0 atom stereocenters. The van der Waals surface area contributed by atoms with Crippen LogP contribution >= 0.6 is 0 Å². The second-order valence-electron chi connectivity index (χ2n) is 9.24. The molecule has 1 amide bonds. The van der Waals surface area contributed by atoms with Crippen LogP contribution in [0.5, 0.6) is 5.75 Å². The van der Waals surface area contributed by atoms with Gasteiger partial charge in [0.1, 0.15) is 24.0 Å². The molecule has 0 saturated carbocycles. The lowest BCUT2D eigenvalue weighted by atomic mass is 9.93. The molecule has 0 saturated heterocycles. The Balaban J connectivity index is 0.00000237. The Bertz CT molecular complexity index is 1480. The van der Waals surface area contributed by atoms with Gasteiger partial charge in [0.2, 0.25) is 5.91 Å². The van der Waals surface area contributed by atoms with Crippen LogP contribution in [0.15, 0.2) is 54.6 Å². The van der Waals surface area contributed by atoms with E-state index in [4.69, 9.17) is 9.47 Å². The topological polar surface area (TPSA) is 64.6 Å². The Labute approximate surface area is 241 Å². The largest absolute Gasteiger partial charge is 0.488 e. The molecule has 10 heteroatoms. The van der Waals surface area contributed by atoms with Gasteiger partial charge in [0.25, 0.3) is 0 Å². The summed E-state index contributed by atoms with van der Waals surface area (Å²) in [6.45, 7) is 6.76. The first kappa shape index (κ1) is 32.3. The van der Waals surface area contributed by atoms with Crippen molar-refractivity contribution in [2.45, 2.75) is 59.7 Å². The van der Waals surface area contributed by atoms with Gasteiger partial charge >= 0.3 is 12.1 Å². The van der Waals surface area contributed by atoms with E-state index in [1.54, 1.807) is 19.1 Å². The van der Waals surface area contributed by atoms with E-state index in [-0.39, 0.29) is 41.6 Å². The van der Waals surface area contributed by atoms with Crippen LogP contribution in [0.4, 0.5) is 27.6 Å². The second kappa shape index (κ2) is 14.1. The summed E-state index contributed by atoms with van der Waals surface area (Å²) >= 11 is 0. The molecule has 3 aromatic carbocycles. The molecule has 5 nitrogen and oxygen atoms in total. The molecule has 1 N–H and O–H groups in total. The molecule has 0 heterocycles. The van der Waals surface area contributed by atoms with Gasteiger partial charge in [-0.2, -0.15) is 13.2 Å². The van der Waals surface area contributed by atoms with Crippen molar-refractivity contribution >= 4 is 28.7 Å². The minimum atomic E-state index is -4.63. The fourth-order valence-electron chi connectivity index (χ4n) is 4.63. The number of carbonyl (C=O) groups excluding carboxylic acids is 2. The van der Waals surface area contributed by atoms with Crippen LogP contribution < -0.4 is 10.1 Å². The van der Waals surface area contributed by atoms with E-state index < -0.39 is 29.3 Å². The van der Waals surface area contributed by atoms with Crippen LogP contribution in [0, 0.1) is 11.6 Å². The van der Waals surface area contributed by atoms with Crippen molar-refractivity contribution in [1.82, 2.24) is 0 Å². The van der Waals surface area contributed by atoms with Gasteiger partial charge in [-0.05, 0) is 91.4 Å². The van der Waals surface area contributed by atoms with Gasteiger partial charge in [0.05, 0.1) is 17.7 Å². The van der Waals surface area contributed by atoms with Gasteiger partial charge in [-0.25, -0.2) is 13.6 Å². The Morgan fingerprint density at radius 2 is 1.64 bits per heavy atom. The summed E-state index contributed by atoms with van der Waals surface area (Å²) in [5, 5.41) is 2.64. The molecule has 0 bridgehead atoms. The van der Waals surface area contributed by atoms with Crippen LogP contribution in [-0.4, -0.2) is 18.5 Å². The van der Waals surface area contributed by atoms with Crippen molar-refractivity contribution in [2.75, 3.05) is 11.9 Å². The van der Waals surface area contributed by atoms with Gasteiger partial charge < -0.3 is 14.8 Å². The molecule has 0 aliphatic heterocycles. The smallest absolute Gasteiger partial charge is 0.416 e. The minimum Gasteiger partial charge on any atom is -0.488 e. The molecule has 1 aliphatic carbocycles. The molecule has 1 aliphatic rings. The fraction of sp³-hybridized carbons (Fsp3) is 0.312. The van der Waals surface area contributed by atoms with Crippen molar-refractivity contribution in [1.29, 1.82) is 0 Å². The maximum atomic E-state index is 14.2. The Morgan fingerprint density at radius 1 is 0.929 bits per heavy atom. The summed E-state index contributed by atoms with van der Waals surface area (Å²) in [6, 6.07) is 10.7. The van der Waals surface area contributed by atoms with Gasteiger partial charge in [0, 0.05) is 29.8 Å². The van der Waals surface area contributed by atoms with Crippen molar-refractivity contribution in [3.8, 4) is 5.75 Å². The molecular weight excluding hydrogens is 557 g/mol. The Morgan fingerprint density at radius 3 is 2.29 bits per heavy atom. The van der Waals surface area contributed by atoms with E-state index in [0.717, 1.165) is 18.2 Å². The number of amides is 1. The lowest BCUT2D eigenvalue weighted by molar-refractivity contribution is -0.137. The van der Waals surface area contributed by atoms with Crippen LogP contribution in [0.25, 0.3) is 11.1 Å². The predicted octanol–water partition coefficient (Wildman–Crippen LogP) is 8.82. The van der Waals surface area contributed by atoms with Crippen LogP contribution in [0.1, 0.15) is 79.6 Å². The number of anilines is 1. The fourth-order valence-corrected chi connectivity index (χ4v) is 4.63. The summed E-state index contributed by atoms with van der Waals surface area (Å²) < 4.78 is 79.5. The molecule has 3 aromatic rings. The minimum absolute atomic E-state index is 0.0370. The maximum absolute atomic E-state index is 14.2. The second-order valence-corrected chi connectivity index (χ2v) is 9.24. The summed E-state index contributed by atoms with van der Waals surface area (Å²) in [7, 11) is 0. The van der Waals surface area contributed by atoms with Gasteiger partial charge in [-0.1, -0.05) is 13.8 Å². The highest BCUT2D eigenvalue weighted by atomic mass is 19.4. The summed E-state index contributed by atoms with van der Waals surface area (Å²) in [4.78, 5) is 24.3. The number of allylic oxidation sites excluding steroid dienone is 2. The monoisotopic (exact) mass is 589 g/mol. The van der Waals surface area contributed by atoms with E-state index >= 15 is 0 Å². The number of esters is 1. The third-order valence-electron chi connectivity index (χ3n) is 6.36. The first-order valence-corrected chi connectivity index (χ1v) is 13.6. The van der Waals surface area contributed by atoms with Crippen LogP contribution in [0.3, 0.4) is 0 Å². The van der Waals surface area contributed by atoms with E-state index in [1.165, 1.54) is 25.1 Å². The number of halogens is 5. The number of rotatable bonds is 8. The molecule has 0 fully saturated rings. The third-order valence-corrected chi connectivity index (χ3v) is 6.36. The number of hydrogen-bond acceptors (Lipinski definition) is 4. The maximum Gasteiger partial charge on any atom is 0.416 e. The lowest BCUT2D eigenvalue weighted by Gasteiger charge is -2.18. The average Bonchev–Trinajstić information content (AvgIpc) is 3.43. The van der Waals surface area contributed by atoms with Crippen LogP contribution in [-0.2, 0) is 22.3 Å². The average molecular weight is 590 g/mol. The number of alkyl halides is 3. The van der Waals surface area contributed by atoms with Crippen molar-refractivity contribution < 1.29 is 41.0 Å². The standard InChI is InChI=1S/C30H26F5NO4.C2H6/c1-3-39-29(38)20-11-19(12-23(13-20)36-17(2)37)24-5-4-6-25(24)26-14-21(30(33,34)35)8-10-28(26)40-16-18-7-9-22(31)15-27(18)32;1-2/h7-15H,3-6,16H2,1-2H3,(H,36,37);1-2H3. The van der Waals surface area contributed by atoms with Crippen molar-refractivity contribution in [3.05, 3.63) is 94.0 Å². The normalized spacial score (nSPS) is 12.9. The highest BCUT2D eigenvalue weighted by molar-refractivity contribution is 5.99. The highest BCUT2D eigenvalue weighted by Gasteiger charge is 2.32. The SMILES string of the molecule is CC.CCOC(=O)c1cc(NC(C)=O)cc(C2=C(c3cc(C(F)(F)F)ccc3OCc3ccc(F)cc3F)CCC2)c1. The van der Waals surface area contributed by atoms with Crippen molar-refractivity contribution in [3.63, 3.8) is 0 Å². The lowest BCUT2D eigenvalue weighted by Crippen LogP contribution is -2.10. The zero-order valence-electron chi connectivity index (χ0n) is 23.8. The van der Waals surface area contributed by atoms with Crippen LogP contribution in [0.2, 0.25) is 0 Å². The number of nitrogens with one attached hydrogen (secondary N) is 1. The number of hydrogen-bond donors (Lipinski definition) is 1. The highest BCUT2D eigenvalue weighted by Crippen LogP contribution is 2.45. The quantitative estimate of drug-likeness (QED) is 0.211. The summed E-state index contributed by atoms with van der Waals surface area (Å²) in [5.74, 6) is -2.49. The Hall–Kier alpha value is -4.21. The third kappa shape index (κ3) is 7.96. The molecule has 0 unspecified atom stereocenters. The van der Waals surface area contributed by atoms with Crippen molar-refractivity contribution in [2.24, 2.45) is 0 Å². The van der Waals surface area contributed by atoms with E-state index in [1.807, 2.05) is 13.8 Å². The van der Waals surface area contributed by atoms with E-state index in [0.29, 0.717) is 47.7 Å². The Kier molecular flexibility index (Phi) is 10.9. The molecular formula is C32H32F5NO4. The molecule has 0 spiro atoms. The molecule has 42 heavy (non-hydrogen) atoms. The van der Waals surface area contributed by atoms with Gasteiger partial charge in [-0.15, -0.1) is 0 Å². The zero-order chi connectivity index (χ0) is 31.0. The van der Waals surface area contributed by atoms with Gasteiger partial charge in [-0.3, -0.25) is 4.79 Å². The number of ether oxygens (including phenoxy) is 2. The number of benzene rings is 3. The van der Waals surface area contributed by atoms with Gasteiger partial charge in [0.15, 0.2) is 0 Å². The van der Waals surface area contributed by atoms with E-state index in [9.17, 15) is 31.5 Å². The molecule has 0 aromatic heterocycles. The summed E-state index contributed by atoms with van der Waals surface area (Å²) in [5.41, 5.74) is 1.61. The molecule has 224 valence electrons.